The lowest BCUT2D eigenvalue weighted by Gasteiger charge is -2.12. The Morgan fingerprint density at radius 1 is 0.345 bits per heavy atom. The molecule has 4 aromatic heterocycles. The van der Waals surface area contributed by atoms with Crippen molar-refractivity contribution in [1.29, 1.82) is 0 Å². The van der Waals surface area contributed by atoms with Gasteiger partial charge in [0.2, 0.25) is 0 Å². The van der Waals surface area contributed by atoms with Crippen LogP contribution in [0.4, 0.5) is 0 Å². The van der Waals surface area contributed by atoms with Crippen LogP contribution in [0.5, 0.6) is 0 Å². The topological polar surface area (TPSA) is 64.5 Å². The van der Waals surface area contributed by atoms with Gasteiger partial charge in [0.05, 0.1) is 33.8 Å². The second-order valence-corrected chi connectivity index (χ2v) is 13.8. The molecule has 10 aromatic rings. The molecule has 0 aliphatic heterocycles. The molecule has 0 spiro atoms. The minimum Gasteiger partial charge on any atom is -0.264 e. The van der Waals surface area contributed by atoms with Crippen molar-refractivity contribution in [3.63, 3.8) is 0 Å². The molecule has 258 valence electrons. The van der Waals surface area contributed by atoms with Crippen molar-refractivity contribution in [3.05, 3.63) is 188 Å². The molecule has 0 N–H and O–H groups in total. The smallest absolute Gasteiger partial charge is 0.160 e. The number of aryl methyl sites for hydroxylation is 1. The molecule has 6 aromatic carbocycles. The first-order valence-electron chi connectivity index (χ1n) is 18.4. The predicted molar refractivity (Wildman–Crippen MR) is 225 cm³/mol. The van der Waals surface area contributed by atoms with Crippen molar-refractivity contribution in [1.82, 2.24) is 24.9 Å². The Morgan fingerprint density at radius 3 is 1.78 bits per heavy atom. The van der Waals surface area contributed by atoms with E-state index in [4.69, 9.17) is 19.9 Å². The second kappa shape index (κ2) is 13.6. The summed E-state index contributed by atoms with van der Waals surface area (Å²) in [5.74, 6) is 0.659. The van der Waals surface area contributed by atoms with E-state index in [9.17, 15) is 0 Å². The third kappa shape index (κ3) is 6.18. The Hall–Kier alpha value is -7.37. The molecule has 0 radical (unpaired) electrons. The lowest BCUT2D eigenvalue weighted by molar-refractivity contribution is 1.18. The summed E-state index contributed by atoms with van der Waals surface area (Å²) >= 11 is 0. The van der Waals surface area contributed by atoms with E-state index >= 15 is 0 Å². The Balaban J connectivity index is 1.04. The maximum Gasteiger partial charge on any atom is 0.160 e. The number of benzene rings is 6. The van der Waals surface area contributed by atoms with Crippen molar-refractivity contribution in [2.75, 3.05) is 0 Å². The third-order valence-corrected chi connectivity index (χ3v) is 10.3. The van der Waals surface area contributed by atoms with E-state index in [1.807, 2.05) is 42.6 Å². The highest BCUT2D eigenvalue weighted by atomic mass is 14.9. The largest absolute Gasteiger partial charge is 0.264 e. The van der Waals surface area contributed by atoms with Crippen LogP contribution in [0.2, 0.25) is 0 Å². The fourth-order valence-electron chi connectivity index (χ4n) is 7.39. The van der Waals surface area contributed by atoms with Crippen molar-refractivity contribution >= 4 is 32.6 Å². The molecular weight excluding hydrogens is 671 g/mol. The zero-order valence-electron chi connectivity index (χ0n) is 30.1. The summed E-state index contributed by atoms with van der Waals surface area (Å²) in [4.78, 5) is 25.0. The van der Waals surface area contributed by atoms with Gasteiger partial charge in [0.25, 0.3) is 0 Å². The quantitative estimate of drug-likeness (QED) is 0.161. The number of rotatable bonds is 6. The molecule has 55 heavy (non-hydrogen) atoms. The summed E-state index contributed by atoms with van der Waals surface area (Å²) in [7, 11) is 0. The summed E-state index contributed by atoms with van der Waals surface area (Å²) < 4.78 is 0. The first kappa shape index (κ1) is 32.3. The van der Waals surface area contributed by atoms with Crippen LogP contribution in [-0.2, 0) is 0 Å². The SMILES string of the molecule is Cc1cc(-c2ccc3ccccc3c2)nc2c1ccc1ccc(-c3cccc(-c4cccc(-c5nc(-c6ccccc6)cc(-c6cccnc6)n5)c4)c3)nc12. The van der Waals surface area contributed by atoms with E-state index in [1.165, 1.54) is 16.3 Å². The highest BCUT2D eigenvalue weighted by Crippen LogP contribution is 2.34. The summed E-state index contributed by atoms with van der Waals surface area (Å²) in [6.45, 7) is 2.16. The van der Waals surface area contributed by atoms with Gasteiger partial charge in [-0.2, -0.15) is 0 Å². The van der Waals surface area contributed by atoms with Crippen LogP contribution in [0.25, 0.3) is 100 Å². The Kier molecular flexibility index (Phi) is 7.96. The molecule has 5 nitrogen and oxygen atoms in total. The number of hydrogen-bond donors (Lipinski definition) is 0. The summed E-state index contributed by atoms with van der Waals surface area (Å²) in [5, 5.41) is 4.59. The Bertz CT molecular complexity index is 2990. The fraction of sp³-hybridized carbons (Fsp3) is 0.0200. The van der Waals surface area contributed by atoms with E-state index in [0.29, 0.717) is 5.82 Å². The molecule has 0 amide bonds. The van der Waals surface area contributed by atoms with Gasteiger partial charge < -0.3 is 0 Å². The molecule has 0 saturated carbocycles. The van der Waals surface area contributed by atoms with Gasteiger partial charge in [-0.15, -0.1) is 0 Å². The lowest BCUT2D eigenvalue weighted by Crippen LogP contribution is -1.96. The van der Waals surface area contributed by atoms with Crippen molar-refractivity contribution in [2.45, 2.75) is 6.92 Å². The number of fused-ring (bicyclic) bond motifs is 4. The first-order valence-corrected chi connectivity index (χ1v) is 18.4. The average molecular weight is 704 g/mol. The van der Waals surface area contributed by atoms with Crippen LogP contribution >= 0.6 is 0 Å². The molecule has 10 rings (SSSR count). The number of aromatic nitrogens is 5. The normalized spacial score (nSPS) is 11.4. The first-order chi connectivity index (χ1) is 27.1. The predicted octanol–water partition coefficient (Wildman–Crippen LogP) is 12.4. The summed E-state index contributed by atoms with van der Waals surface area (Å²) in [6, 6.07) is 59.0. The number of pyridine rings is 3. The second-order valence-electron chi connectivity index (χ2n) is 13.8. The van der Waals surface area contributed by atoms with Crippen molar-refractivity contribution in [2.24, 2.45) is 0 Å². The van der Waals surface area contributed by atoms with Gasteiger partial charge in [-0.1, -0.05) is 121 Å². The molecule has 0 unspecified atom stereocenters. The fourth-order valence-corrected chi connectivity index (χ4v) is 7.39. The lowest BCUT2D eigenvalue weighted by atomic mass is 9.98. The zero-order chi connectivity index (χ0) is 36.7. The standard InChI is InChI=1S/C50H33N5/c1-32-26-45(40-20-19-33-10-5-6-13-36(33)27-40)53-49-43(32)23-21-35-22-24-44(52-48(35)49)39-16-7-14-37(28-39)38-15-8-17-41(29-38)50-54-46(34-11-3-2-4-12-34)30-47(55-50)42-18-9-25-51-31-42/h2-31H,1H3. The molecule has 0 bridgehead atoms. The number of hydrogen-bond acceptors (Lipinski definition) is 5. The van der Waals surface area contributed by atoms with Gasteiger partial charge in [0.1, 0.15) is 0 Å². The highest BCUT2D eigenvalue weighted by Gasteiger charge is 2.14. The van der Waals surface area contributed by atoms with Gasteiger partial charge in [0, 0.05) is 51.0 Å². The minimum absolute atomic E-state index is 0.659. The van der Waals surface area contributed by atoms with Crippen LogP contribution in [0, 0.1) is 6.92 Å². The molecule has 0 atom stereocenters. The Labute approximate surface area is 318 Å². The van der Waals surface area contributed by atoms with Gasteiger partial charge in [-0.3, -0.25) is 4.98 Å². The maximum atomic E-state index is 5.29. The van der Waals surface area contributed by atoms with Crippen LogP contribution < -0.4 is 0 Å². The van der Waals surface area contributed by atoms with E-state index in [-0.39, 0.29) is 0 Å². The average Bonchev–Trinajstić information content (AvgIpc) is 3.26. The monoisotopic (exact) mass is 703 g/mol. The van der Waals surface area contributed by atoms with Crippen LogP contribution in [0.3, 0.4) is 0 Å². The van der Waals surface area contributed by atoms with Gasteiger partial charge in [0.15, 0.2) is 5.82 Å². The Morgan fingerprint density at radius 2 is 0.964 bits per heavy atom. The van der Waals surface area contributed by atoms with Crippen molar-refractivity contribution < 1.29 is 0 Å². The molecule has 5 heteroatoms. The molecule has 0 aliphatic rings. The maximum absolute atomic E-state index is 5.29. The van der Waals surface area contributed by atoms with E-state index in [0.717, 1.165) is 83.5 Å². The molecule has 4 heterocycles. The molecule has 0 aliphatic carbocycles. The van der Waals surface area contributed by atoms with E-state index < -0.39 is 0 Å². The summed E-state index contributed by atoms with van der Waals surface area (Å²) in [5.41, 5.74) is 13.7. The van der Waals surface area contributed by atoms with Gasteiger partial charge in [-0.05, 0) is 82.9 Å². The van der Waals surface area contributed by atoms with Crippen LogP contribution in [-0.4, -0.2) is 24.9 Å². The third-order valence-electron chi connectivity index (χ3n) is 10.3. The zero-order valence-corrected chi connectivity index (χ0v) is 30.1. The molecule has 0 fully saturated rings. The van der Waals surface area contributed by atoms with E-state index in [2.05, 4.69) is 145 Å². The van der Waals surface area contributed by atoms with Crippen molar-refractivity contribution in [3.8, 4) is 67.5 Å². The van der Waals surface area contributed by atoms with Gasteiger partial charge >= 0.3 is 0 Å². The number of nitrogens with zero attached hydrogens (tertiary/aromatic N) is 5. The highest BCUT2D eigenvalue weighted by molar-refractivity contribution is 6.05. The molecule has 0 saturated heterocycles. The van der Waals surface area contributed by atoms with Gasteiger partial charge in [-0.25, -0.2) is 19.9 Å². The van der Waals surface area contributed by atoms with Crippen LogP contribution in [0.1, 0.15) is 5.56 Å². The van der Waals surface area contributed by atoms with Crippen LogP contribution in [0.15, 0.2) is 182 Å². The summed E-state index contributed by atoms with van der Waals surface area (Å²) in [6.07, 6.45) is 3.62. The minimum atomic E-state index is 0.659. The molecular formula is C50H33N5. The van der Waals surface area contributed by atoms with E-state index in [1.54, 1.807) is 6.20 Å².